The minimum absolute atomic E-state index is 0.0822. The first-order valence-corrected chi connectivity index (χ1v) is 8.95. The predicted octanol–water partition coefficient (Wildman–Crippen LogP) is 4.10. The second-order valence-electron chi connectivity index (χ2n) is 5.91. The number of rotatable bonds is 4. The van der Waals surface area contributed by atoms with Gasteiger partial charge in [0.15, 0.2) is 5.13 Å². The van der Waals surface area contributed by atoms with Crippen LogP contribution in [0.5, 0.6) is 0 Å². The van der Waals surface area contributed by atoms with Gasteiger partial charge in [-0.05, 0) is 30.2 Å². The molecule has 2 aromatic carbocycles. The Kier molecular flexibility index (Phi) is 3.97. The van der Waals surface area contributed by atoms with Gasteiger partial charge in [-0.3, -0.25) is 4.79 Å². The van der Waals surface area contributed by atoms with Gasteiger partial charge in [-0.25, -0.2) is 9.78 Å². The number of cyclic esters (lactones) is 1. The van der Waals surface area contributed by atoms with Crippen LogP contribution in [0.3, 0.4) is 0 Å². The molecule has 1 aliphatic heterocycles. The van der Waals surface area contributed by atoms with Gasteiger partial charge < -0.3 is 10.1 Å². The summed E-state index contributed by atoms with van der Waals surface area (Å²) in [5.74, 6) is -0.593. The third-order valence-corrected chi connectivity index (χ3v) is 5.19. The van der Waals surface area contributed by atoms with E-state index in [0.29, 0.717) is 10.7 Å². The first-order chi connectivity index (χ1) is 12.1. The molecular formula is C19H16N2O3S. The van der Waals surface area contributed by atoms with Gasteiger partial charge in [-0.2, -0.15) is 0 Å². The maximum absolute atomic E-state index is 12.3. The Morgan fingerprint density at radius 3 is 2.96 bits per heavy atom. The van der Waals surface area contributed by atoms with Crippen LogP contribution in [0.15, 0.2) is 42.5 Å². The van der Waals surface area contributed by atoms with Gasteiger partial charge in [-0.15, -0.1) is 0 Å². The molecule has 1 N–H and O–H groups in total. The molecule has 1 aliphatic rings. The molecule has 0 aliphatic carbocycles. The van der Waals surface area contributed by atoms with Crippen molar-refractivity contribution >= 4 is 38.6 Å². The van der Waals surface area contributed by atoms with Crippen molar-refractivity contribution < 1.29 is 14.3 Å². The van der Waals surface area contributed by atoms with Gasteiger partial charge in [0, 0.05) is 5.56 Å². The number of hydrogen-bond acceptors (Lipinski definition) is 5. The number of nitrogens with zero attached hydrogens (tertiary/aromatic N) is 1. The van der Waals surface area contributed by atoms with E-state index in [1.165, 1.54) is 16.9 Å². The molecule has 0 saturated carbocycles. The van der Waals surface area contributed by atoms with Crippen molar-refractivity contribution in [1.82, 2.24) is 4.98 Å². The highest BCUT2D eigenvalue weighted by Gasteiger charge is 2.32. The van der Waals surface area contributed by atoms with E-state index in [0.717, 1.165) is 22.2 Å². The second kappa shape index (κ2) is 6.29. The molecule has 5 nitrogen and oxygen atoms in total. The topological polar surface area (TPSA) is 68.3 Å². The van der Waals surface area contributed by atoms with Crippen LogP contribution in [0.25, 0.3) is 10.2 Å². The van der Waals surface area contributed by atoms with Gasteiger partial charge in [0.05, 0.1) is 22.2 Å². The first kappa shape index (κ1) is 15.8. The van der Waals surface area contributed by atoms with Crippen molar-refractivity contribution in [3.63, 3.8) is 0 Å². The fourth-order valence-corrected chi connectivity index (χ4v) is 3.90. The number of carbonyl (C=O) groups excluding carboxylic acids is 2. The Morgan fingerprint density at radius 2 is 2.12 bits per heavy atom. The van der Waals surface area contributed by atoms with Gasteiger partial charge in [0.25, 0.3) is 0 Å². The lowest BCUT2D eigenvalue weighted by Gasteiger charge is -2.09. The maximum Gasteiger partial charge on any atom is 0.339 e. The summed E-state index contributed by atoms with van der Waals surface area (Å²) in [7, 11) is 0. The van der Waals surface area contributed by atoms with E-state index in [1.807, 2.05) is 24.3 Å². The largest absolute Gasteiger partial charge is 0.453 e. The molecule has 126 valence electrons. The smallest absolute Gasteiger partial charge is 0.339 e. The molecule has 0 radical (unpaired) electrons. The van der Waals surface area contributed by atoms with Gasteiger partial charge >= 0.3 is 5.97 Å². The third kappa shape index (κ3) is 3.00. The van der Waals surface area contributed by atoms with Crippen LogP contribution >= 0.6 is 11.3 Å². The van der Waals surface area contributed by atoms with Crippen LogP contribution in [0.4, 0.5) is 5.13 Å². The van der Waals surface area contributed by atoms with Crippen molar-refractivity contribution in [3.8, 4) is 0 Å². The Bertz CT molecular complexity index is 980. The summed E-state index contributed by atoms with van der Waals surface area (Å²) in [6, 6.07) is 13.3. The number of aromatic nitrogens is 1. The Balaban J connectivity index is 1.49. The van der Waals surface area contributed by atoms with E-state index in [4.69, 9.17) is 4.74 Å². The molecule has 0 bridgehead atoms. The standard InChI is InChI=1S/C19H16N2O3S/c1-2-11-7-8-14-16(9-11)25-19(20-14)21-17(22)10-15-12-5-3-4-6-13(12)18(23)24-15/h3-9,15H,2,10H2,1H3,(H,20,21,22)/t15-/m1/s1. The zero-order valence-corrected chi connectivity index (χ0v) is 14.4. The van der Waals surface area contributed by atoms with Gasteiger partial charge in [-0.1, -0.05) is 42.5 Å². The SMILES string of the molecule is CCc1ccc2nc(NC(=O)C[C@H]3OC(=O)c4ccccc43)sc2c1. The van der Waals surface area contributed by atoms with Crippen molar-refractivity contribution in [2.24, 2.45) is 0 Å². The van der Waals surface area contributed by atoms with E-state index in [9.17, 15) is 9.59 Å². The van der Waals surface area contributed by atoms with Crippen molar-refractivity contribution in [1.29, 1.82) is 0 Å². The van der Waals surface area contributed by atoms with Crippen LogP contribution in [0.1, 0.15) is 40.9 Å². The zero-order valence-electron chi connectivity index (χ0n) is 13.6. The van der Waals surface area contributed by atoms with Crippen LogP contribution in [-0.2, 0) is 16.0 Å². The summed E-state index contributed by atoms with van der Waals surface area (Å²) >= 11 is 1.45. The number of ether oxygens (including phenoxy) is 1. The molecule has 3 aromatic rings. The zero-order chi connectivity index (χ0) is 17.4. The lowest BCUT2D eigenvalue weighted by atomic mass is 10.0. The first-order valence-electron chi connectivity index (χ1n) is 8.13. The van der Waals surface area contributed by atoms with Crippen LogP contribution in [0.2, 0.25) is 0 Å². The van der Waals surface area contributed by atoms with E-state index in [1.54, 1.807) is 12.1 Å². The molecule has 1 atom stereocenters. The molecule has 0 spiro atoms. The molecule has 4 rings (SSSR count). The molecule has 0 unspecified atom stereocenters. The molecule has 0 fully saturated rings. The fourth-order valence-electron chi connectivity index (χ4n) is 2.95. The molecule has 2 heterocycles. The second-order valence-corrected chi connectivity index (χ2v) is 6.94. The van der Waals surface area contributed by atoms with E-state index in [-0.39, 0.29) is 18.3 Å². The highest BCUT2D eigenvalue weighted by atomic mass is 32.1. The molecule has 1 amide bonds. The average Bonchev–Trinajstić information content (AvgIpc) is 3.15. The van der Waals surface area contributed by atoms with E-state index < -0.39 is 6.10 Å². The number of carbonyl (C=O) groups is 2. The van der Waals surface area contributed by atoms with E-state index in [2.05, 4.69) is 23.3 Å². The van der Waals surface area contributed by atoms with Crippen molar-refractivity contribution in [2.45, 2.75) is 25.9 Å². The minimum Gasteiger partial charge on any atom is -0.453 e. The Hall–Kier alpha value is -2.73. The van der Waals surface area contributed by atoms with Gasteiger partial charge in [0.2, 0.25) is 5.91 Å². The molecule has 25 heavy (non-hydrogen) atoms. The number of fused-ring (bicyclic) bond motifs is 2. The molecular weight excluding hydrogens is 336 g/mol. The predicted molar refractivity (Wildman–Crippen MR) is 96.8 cm³/mol. The summed E-state index contributed by atoms with van der Waals surface area (Å²) in [4.78, 5) is 28.6. The summed E-state index contributed by atoms with van der Waals surface area (Å²) in [6.07, 6.45) is 0.505. The number of hydrogen-bond donors (Lipinski definition) is 1. The van der Waals surface area contributed by atoms with Crippen molar-refractivity contribution in [3.05, 3.63) is 59.2 Å². The quantitative estimate of drug-likeness (QED) is 0.718. The number of thiazole rings is 1. The number of nitrogens with one attached hydrogen (secondary N) is 1. The molecule has 1 aromatic heterocycles. The lowest BCUT2D eigenvalue weighted by molar-refractivity contribution is -0.118. The third-order valence-electron chi connectivity index (χ3n) is 4.26. The fraction of sp³-hybridized carbons (Fsp3) is 0.211. The van der Waals surface area contributed by atoms with Crippen molar-refractivity contribution in [2.75, 3.05) is 5.32 Å². The molecule has 0 saturated heterocycles. The Morgan fingerprint density at radius 1 is 1.28 bits per heavy atom. The summed E-state index contributed by atoms with van der Waals surface area (Å²) in [6.45, 7) is 2.10. The van der Waals surface area contributed by atoms with E-state index >= 15 is 0 Å². The summed E-state index contributed by atoms with van der Waals surface area (Å²) < 4.78 is 6.36. The lowest BCUT2D eigenvalue weighted by Crippen LogP contribution is -2.15. The number of anilines is 1. The van der Waals surface area contributed by atoms with Crippen LogP contribution in [-0.4, -0.2) is 16.9 Å². The normalized spacial score (nSPS) is 15.9. The Labute approximate surface area is 148 Å². The maximum atomic E-state index is 12.3. The highest BCUT2D eigenvalue weighted by molar-refractivity contribution is 7.22. The highest BCUT2D eigenvalue weighted by Crippen LogP contribution is 2.33. The van der Waals surface area contributed by atoms with Crippen LogP contribution in [0, 0.1) is 0 Å². The summed E-state index contributed by atoms with van der Waals surface area (Å²) in [5, 5.41) is 3.38. The number of aryl methyl sites for hydroxylation is 1. The van der Waals surface area contributed by atoms with Gasteiger partial charge in [0.1, 0.15) is 6.10 Å². The summed E-state index contributed by atoms with van der Waals surface area (Å²) in [5.41, 5.74) is 3.41. The number of benzene rings is 2. The monoisotopic (exact) mass is 352 g/mol. The van der Waals surface area contributed by atoms with Crippen LogP contribution < -0.4 is 5.32 Å². The minimum atomic E-state index is -0.537. The average molecular weight is 352 g/mol. The number of amides is 1. The number of esters is 1. The molecule has 6 heteroatoms.